The fourth-order valence-electron chi connectivity index (χ4n) is 4.18. The van der Waals surface area contributed by atoms with E-state index in [0.29, 0.717) is 11.3 Å². The van der Waals surface area contributed by atoms with Crippen LogP contribution < -0.4 is 0 Å². The Balaban J connectivity index is 1.95. The van der Waals surface area contributed by atoms with Crippen LogP contribution in [0, 0.1) is 11.3 Å². The van der Waals surface area contributed by atoms with Crippen molar-refractivity contribution >= 4 is 5.57 Å². The van der Waals surface area contributed by atoms with Crippen molar-refractivity contribution in [1.29, 1.82) is 0 Å². The van der Waals surface area contributed by atoms with Gasteiger partial charge in [-0.05, 0) is 47.3 Å². The van der Waals surface area contributed by atoms with Crippen molar-refractivity contribution in [3.63, 3.8) is 0 Å². The lowest BCUT2D eigenvalue weighted by Crippen LogP contribution is -2.26. The minimum absolute atomic E-state index is 0.335. The zero-order valence-electron chi connectivity index (χ0n) is 13.8. The van der Waals surface area contributed by atoms with Crippen molar-refractivity contribution in [1.82, 2.24) is 0 Å². The summed E-state index contributed by atoms with van der Waals surface area (Å²) in [5.41, 5.74) is 5.03. The minimum Gasteiger partial charge on any atom is -0.384 e. The lowest BCUT2D eigenvalue weighted by Gasteiger charge is -2.37. The van der Waals surface area contributed by atoms with Gasteiger partial charge >= 0.3 is 0 Å². The van der Waals surface area contributed by atoms with Gasteiger partial charge in [0, 0.05) is 0 Å². The first-order valence-electron chi connectivity index (χ1n) is 8.30. The van der Waals surface area contributed by atoms with Gasteiger partial charge < -0.3 is 5.11 Å². The predicted octanol–water partition coefficient (Wildman–Crippen LogP) is 5.14. The largest absolute Gasteiger partial charge is 0.384 e. The van der Waals surface area contributed by atoms with Crippen LogP contribution in [0.3, 0.4) is 0 Å². The van der Waals surface area contributed by atoms with Crippen LogP contribution in [0.2, 0.25) is 0 Å². The van der Waals surface area contributed by atoms with Crippen LogP contribution in [0.15, 0.2) is 59.7 Å². The van der Waals surface area contributed by atoms with Gasteiger partial charge in [-0.15, -0.1) is 0 Å². The van der Waals surface area contributed by atoms with Crippen LogP contribution in [-0.2, 0) is 0 Å². The van der Waals surface area contributed by atoms with Crippen LogP contribution in [-0.4, -0.2) is 11.2 Å². The fraction of sp³-hybridized carbons (Fsp3) is 0.429. The summed E-state index contributed by atoms with van der Waals surface area (Å²) in [5.74, 6) is 0.693. The molecule has 1 heteroatoms. The number of benzene rings is 1. The average Bonchev–Trinajstić information content (AvgIpc) is 2.46. The summed E-state index contributed by atoms with van der Waals surface area (Å²) in [7, 11) is 0. The normalized spacial score (nSPS) is 31.0. The van der Waals surface area contributed by atoms with Crippen LogP contribution in [0.4, 0.5) is 0 Å². The third kappa shape index (κ3) is 3.10. The van der Waals surface area contributed by atoms with Crippen molar-refractivity contribution in [3.8, 4) is 0 Å². The highest BCUT2D eigenvalue weighted by Gasteiger charge is 2.32. The molecule has 0 bridgehead atoms. The fourth-order valence-corrected chi connectivity index (χ4v) is 4.18. The van der Waals surface area contributed by atoms with Crippen molar-refractivity contribution in [2.24, 2.45) is 11.3 Å². The molecule has 0 amide bonds. The summed E-state index contributed by atoms with van der Waals surface area (Å²) in [6.07, 6.45) is 9.22. The molecule has 2 aliphatic rings. The van der Waals surface area contributed by atoms with E-state index in [-0.39, 0.29) is 0 Å². The van der Waals surface area contributed by atoms with Gasteiger partial charge in [0.05, 0.1) is 0 Å². The van der Waals surface area contributed by atoms with Crippen LogP contribution in [0.25, 0.3) is 5.57 Å². The summed E-state index contributed by atoms with van der Waals surface area (Å²) < 4.78 is 0. The second kappa shape index (κ2) is 5.89. The lowest BCUT2D eigenvalue weighted by atomic mass is 9.68. The maximum atomic E-state index is 10.9. The van der Waals surface area contributed by atoms with E-state index in [9.17, 15) is 5.11 Å². The van der Waals surface area contributed by atoms with Crippen molar-refractivity contribution in [2.45, 2.75) is 46.1 Å². The first-order chi connectivity index (χ1) is 10.5. The Hall–Kier alpha value is -1.60. The Morgan fingerprint density at radius 3 is 2.55 bits per heavy atom. The van der Waals surface area contributed by atoms with Gasteiger partial charge in [0.1, 0.15) is 6.10 Å². The van der Waals surface area contributed by atoms with Crippen molar-refractivity contribution in [3.05, 3.63) is 65.3 Å². The Kier molecular flexibility index (Phi) is 4.10. The monoisotopic (exact) mass is 294 g/mol. The standard InChI is InChI=1S/C21H26O/c1-15-12-17(14-21(2,3)13-15)19-11-7-10-18(20(19)22)16-8-5-4-6-9-16/h4-11,15,20,22H,12-14H2,1-3H3. The van der Waals surface area contributed by atoms with E-state index in [1.165, 1.54) is 12.0 Å². The van der Waals surface area contributed by atoms with Crippen LogP contribution in [0.5, 0.6) is 0 Å². The highest BCUT2D eigenvalue weighted by Crippen LogP contribution is 2.44. The summed E-state index contributed by atoms with van der Waals surface area (Å²) in [6.45, 7) is 7.01. The van der Waals surface area contributed by atoms with Gasteiger partial charge in [-0.25, -0.2) is 0 Å². The third-order valence-corrected chi connectivity index (χ3v) is 4.84. The second-order valence-corrected chi connectivity index (χ2v) is 7.66. The van der Waals surface area contributed by atoms with Gasteiger partial charge in [-0.1, -0.05) is 74.9 Å². The van der Waals surface area contributed by atoms with Gasteiger partial charge in [0.2, 0.25) is 0 Å². The zero-order chi connectivity index (χ0) is 15.7. The predicted molar refractivity (Wildman–Crippen MR) is 93.4 cm³/mol. The first-order valence-corrected chi connectivity index (χ1v) is 8.30. The zero-order valence-corrected chi connectivity index (χ0v) is 13.8. The average molecular weight is 294 g/mol. The molecule has 0 heterocycles. The van der Waals surface area contributed by atoms with Crippen LogP contribution in [0.1, 0.15) is 45.6 Å². The van der Waals surface area contributed by atoms with E-state index in [2.05, 4.69) is 45.1 Å². The number of rotatable bonds is 1. The van der Waals surface area contributed by atoms with Gasteiger partial charge in [-0.3, -0.25) is 0 Å². The second-order valence-electron chi connectivity index (χ2n) is 7.66. The topological polar surface area (TPSA) is 20.2 Å². The maximum Gasteiger partial charge on any atom is 0.105 e. The molecule has 1 N–H and O–H groups in total. The van der Waals surface area contributed by atoms with E-state index in [4.69, 9.17) is 0 Å². The summed E-state index contributed by atoms with van der Waals surface area (Å²) in [4.78, 5) is 0. The first kappa shape index (κ1) is 15.3. The van der Waals surface area contributed by atoms with E-state index < -0.39 is 6.10 Å². The molecule has 0 aromatic heterocycles. The molecule has 2 atom stereocenters. The van der Waals surface area contributed by atoms with Crippen molar-refractivity contribution < 1.29 is 5.11 Å². The molecular weight excluding hydrogens is 268 g/mol. The highest BCUT2D eigenvalue weighted by atomic mass is 16.3. The highest BCUT2D eigenvalue weighted by molar-refractivity contribution is 5.76. The van der Waals surface area contributed by atoms with E-state index >= 15 is 0 Å². The molecule has 0 spiro atoms. The number of allylic oxidation sites excluding steroid dienone is 3. The van der Waals surface area contributed by atoms with Crippen LogP contribution >= 0.6 is 0 Å². The Bertz CT molecular complexity index is 631. The van der Waals surface area contributed by atoms with Gasteiger partial charge in [-0.2, -0.15) is 0 Å². The lowest BCUT2D eigenvalue weighted by molar-refractivity contribution is 0.225. The summed E-state index contributed by atoms with van der Waals surface area (Å²) in [6, 6.07) is 10.2. The summed E-state index contributed by atoms with van der Waals surface area (Å²) in [5, 5.41) is 10.9. The molecule has 3 rings (SSSR count). The van der Waals surface area contributed by atoms with Gasteiger partial charge in [0.15, 0.2) is 0 Å². The molecule has 1 saturated carbocycles. The molecular formula is C21H26O. The molecule has 2 aliphatic carbocycles. The molecule has 0 saturated heterocycles. The molecule has 22 heavy (non-hydrogen) atoms. The number of hydrogen-bond acceptors (Lipinski definition) is 1. The SMILES string of the molecule is CC1CC(=C2C=CC=C(c3ccccc3)C2O)CC(C)(C)C1. The third-order valence-electron chi connectivity index (χ3n) is 4.84. The maximum absolute atomic E-state index is 10.9. The quantitative estimate of drug-likeness (QED) is 0.760. The number of hydrogen-bond donors (Lipinski definition) is 1. The molecule has 0 aliphatic heterocycles. The Morgan fingerprint density at radius 2 is 1.86 bits per heavy atom. The Morgan fingerprint density at radius 1 is 1.14 bits per heavy atom. The molecule has 2 unspecified atom stereocenters. The molecule has 1 nitrogen and oxygen atoms in total. The minimum atomic E-state index is -0.497. The molecule has 116 valence electrons. The Labute approximate surface area is 134 Å². The van der Waals surface area contributed by atoms with E-state index in [0.717, 1.165) is 29.6 Å². The van der Waals surface area contributed by atoms with Crippen molar-refractivity contribution in [2.75, 3.05) is 0 Å². The molecule has 1 aromatic rings. The van der Waals surface area contributed by atoms with E-state index in [1.54, 1.807) is 0 Å². The number of aliphatic hydroxyl groups excluding tert-OH is 1. The van der Waals surface area contributed by atoms with Gasteiger partial charge in [0.25, 0.3) is 0 Å². The number of aliphatic hydroxyl groups is 1. The molecule has 0 radical (unpaired) electrons. The molecule has 1 aromatic carbocycles. The van der Waals surface area contributed by atoms with E-state index in [1.807, 2.05) is 24.3 Å². The summed E-state index contributed by atoms with van der Waals surface area (Å²) >= 11 is 0. The molecule has 1 fully saturated rings. The smallest absolute Gasteiger partial charge is 0.105 e.